The van der Waals surface area contributed by atoms with Crippen LogP contribution >= 0.6 is 0 Å². The first-order valence-electron chi connectivity index (χ1n) is 9.89. The summed E-state index contributed by atoms with van der Waals surface area (Å²) in [5, 5.41) is 0. The lowest BCUT2D eigenvalue weighted by Crippen LogP contribution is -2.51. The van der Waals surface area contributed by atoms with Gasteiger partial charge in [0.1, 0.15) is 5.70 Å². The highest BCUT2D eigenvalue weighted by Gasteiger charge is 2.28. The van der Waals surface area contributed by atoms with E-state index in [1.807, 2.05) is 47.4 Å². The molecule has 4 rings (SSSR count). The number of anilines is 2. The van der Waals surface area contributed by atoms with E-state index in [2.05, 4.69) is 26.7 Å². The molecule has 0 aromatic carbocycles. The second-order valence-electron chi connectivity index (χ2n) is 7.44. The van der Waals surface area contributed by atoms with Gasteiger partial charge in [-0.25, -0.2) is 4.98 Å². The molecule has 2 N–H and O–H groups in total. The fourth-order valence-corrected chi connectivity index (χ4v) is 3.76. The monoisotopic (exact) mass is 390 g/mol. The standard InChI is InChI=1S/C22H26N6O/c1-17-7-8-20(28(15-17)16-18-5-2-3-9-24-18)22(29)27-13-11-26(12-14-27)21-19(23)6-4-10-25-21/h2-10H,11-16,23H2,1H3. The number of hydrogen-bond donors (Lipinski definition) is 1. The van der Waals surface area contributed by atoms with Gasteiger partial charge in [-0.05, 0) is 37.3 Å². The molecular formula is C22H26N6O. The number of allylic oxidation sites excluding steroid dienone is 2. The van der Waals surface area contributed by atoms with Crippen LogP contribution in [0, 0.1) is 0 Å². The molecule has 1 saturated heterocycles. The van der Waals surface area contributed by atoms with Crippen LogP contribution in [0.4, 0.5) is 11.5 Å². The third kappa shape index (κ3) is 4.23. The van der Waals surface area contributed by atoms with Crippen molar-refractivity contribution >= 4 is 17.4 Å². The first-order chi connectivity index (χ1) is 14.1. The van der Waals surface area contributed by atoms with Gasteiger partial charge in [0.25, 0.3) is 5.91 Å². The van der Waals surface area contributed by atoms with E-state index < -0.39 is 0 Å². The Labute approximate surface area is 171 Å². The smallest absolute Gasteiger partial charge is 0.270 e. The largest absolute Gasteiger partial charge is 0.396 e. The molecule has 7 heteroatoms. The summed E-state index contributed by atoms with van der Waals surface area (Å²) in [6.07, 6.45) is 7.51. The average Bonchev–Trinajstić information content (AvgIpc) is 2.75. The molecule has 2 aliphatic heterocycles. The zero-order valence-corrected chi connectivity index (χ0v) is 16.7. The van der Waals surface area contributed by atoms with Crippen molar-refractivity contribution in [2.75, 3.05) is 43.4 Å². The summed E-state index contributed by atoms with van der Waals surface area (Å²) in [6.45, 7) is 6.16. The van der Waals surface area contributed by atoms with Crippen LogP contribution in [0.3, 0.4) is 0 Å². The molecule has 2 aliphatic rings. The minimum absolute atomic E-state index is 0.0679. The number of carbonyl (C=O) groups excluding carboxylic acids is 1. The van der Waals surface area contributed by atoms with Crippen molar-refractivity contribution in [2.45, 2.75) is 13.5 Å². The van der Waals surface area contributed by atoms with Crippen molar-refractivity contribution in [1.29, 1.82) is 0 Å². The molecule has 0 atom stereocenters. The van der Waals surface area contributed by atoms with Crippen LogP contribution < -0.4 is 10.6 Å². The van der Waals surface area contributed by atoms with Crippen LogP contribution in [-0.4, -0.2) is 58.4 Å². The van der Waals surface area contributed by atoms with Crippen molar-refractivity contribution < 1.29 is 4.79 Å². The highest BCUT2D eigenvalue weighted by molar-refractivity contribution is 5.93. The van der Waals surface area contributed by atoms with Crippen molar-refractivity contribution in [2.24, 2.45) is 0 Å². The molecular weight excluding hydrogens is 364 g/mol. The number of nitrogens with zero attached hydrogens (tertiary/aromatic N) is 5. The molecule has 150 valence electrons. The first-order valence-corrected chi connectivity index (χ1v) is 9.89. The van der Waals surface area contributed by atoms with Gasteiger partial charge in [0.15, 0.2) is 5.82 Å². The molecule has 0 bridgehead atoms. The van der Waals surface area contributed by atoms with Gasteiger partial charge >= 0.3 is 0 Å². The minimum atomic E-state index is 0.0679. The number of aromatic nitrogens is 2. The zero-order chi connectivity index (χ0) is 20.2. The zero-order valence-electron chi connectivity index (χ0n) is 16.7. The van der Waals surface area contributed by atoms with Crippen LogP contribution in [0.15, 0.2) is 66.1 Å². The van der Waals surface area contributed by atoms with Crippen LogP contribution in [0.2, 0.25) is 0 Å². The van der Waals surface area contributed by atoms with Gasteiger partial charge in [0, 0.05) is 45.1 Å². The maximum atomic E-state index is 13.3. The van der Waals surface area contributed by atoms with Crippen molar-refractivity contribution in [3.05, 3.63) is 71.8 Å². The van der Waals surface area contributed by atoms with Gasteiger partial charge < -0.3 is 20.4 Å². The van der Waals surface area contributed by atoms with Crippen LogP contribution in [-0.2, 0) is 11.3 Å². The number of carbonyl (C=O) groups is 1. The van der Waals surface area contributed by atoms with Gasteiger partial charge in [-0.2, -0.15) is 0 Å². The van der Waals surface area contributed by atoms with E-state index in [0.29, 0.717) is 25.3 Å². The number of nitrogen functional groups attached to an aromatic ring is 1. The van der Waals surface area contributed by atoms with E-state index in [1.54, 1.807) is 12.4 Å². The summed E-state index contributed by atoms with van der Waals surface area (Å²) >= 11 is 0. The van der Waals surface area contributed by atoms with Crippen molar-refractivity contribution in [3.8, 4) is 0 Å². The summed E-state index contributed by atoms with van der Waals surface area (Å²) in [4.78, 5) is 28.3. The summed E-state index contributed by atoms with van der Waals surface area (Å²) < 4.78 is 0. The highest BCUT2D eigenvalue weighted by atomic mass is 16.2. The van der Waals surface area contributed by atoms with E-state index >= 15 is 0 Å². The second kappa shape index (κ2) is 8.34. The fraction of sp³-hybridized carbons (Fsp3) is 0.318. The van der Waals surface area contributed by atoms with Crippen LogP contribution in [0.5, 0.6) is 0 Å². The SMILES string of the molecule is CC1=CC=C(C(=O)N2CCN(c3ncccc3N)CC2)N(Cc2ccccn2)C1. The lowest BCUT2D eigenvalue weighted by molar-refractivity contribution is -0.129. The fourth-order valence-electron chi connectivity index (χ4n) is 3.76. The molecule has 7 nitrogen and oxygen atoms in total. The number of piperazine rings is 1. The Morgan fingerprint density at radius 1 is 1.03 bits per heavy atom. The molecule has 0 radical (unpaired) electrons. The summed E-state index contributed by atoms with van der Waals surface area (Å²) in [5.74, 6) is 0.866. The molecule has 0 spiro atoms. The van der Waals surface area contributed by atoms with E-state index in [0.717, 1.165) is 36.8 Å². The van der Waals surface area contributed by atoms with Gasteiger partial charge in [-0.3, -0.25) is 9.78 Å². The third-order valence-electron chi connectivity index (χ3n) is 5.29. The highest BCUT2D eigenvalue weighted by Crippen LogP contribution is 2.23. The van der Waals surface area contributed by atoms with Crippen molar-refractivity contribution in [1.82, 2.24) is 19.8 Å². The molecule has 2 aromatic rings. The average molecular weight is 390 g/mol. The summed E-state index contributed by atoms with van der Waals surface area (Å²) in [5.41, 5.74) is 9.64. The normalized spacial score (nSPS) is 17.1. The van der Waals surface area contributed by atoms with E-state index in [1.165, 1.54) is 5.57 Å². The Bertz CT molecular complexity index is 931. The lowest BCUT2D eigenvalue weighted by atomic mass is 10.1. The number of hydrogen-bond acceptors (Lipinski definition) is 6. The molecule has 0 aliphatic carbocycles. The number of rotatable bonds is 4. The quantitative estimate of drug-likeness (QED) is 0.861. The van der Waals surface area contributed by atoms with E-state index in [4.69, 9.17) is 5.73 Å². The maximum Gasteiger partial charge on any atom is 0.270 e. The number of nitrogens with two attached hydrogens (primary N) is 1. The van der Waals surface area contributed by atoms with Crippen LogP contribution in [0.25, 0.3) is 0 Å². The molecule has 0 saturated carbocycles. The Balaban J connectivity index is 1.44. The second-order valence-corrected chi connectivity index (χ2v) is 7.44. The maximum absolute atomic E-state index is 13.3. The molecule has 2 aromatic heterocycles. The van der Waals surface area contributed by atoms with Crippen molar-refractivity contribution in [3.63, 3.8) is 0 Å². The summed E-state index contributed by atoms with van der Waals surface area (Å²) in [6, 6.07) is 9.56. The van der Waals surface area contributed by atoms with Gasteiger partial charge in [0.05, 0.1) is 17.9 Å². The van der Waals surface area contributed by atoms with Gasteiger partial charge in [-0.1, -0.05) is 17.7 Å². The summed E-state index contributed by atoms with van der Waals surface area (Å²) in [7, 11) is 0. The molecule has 1 amide bonds. The van der Waals surface area contributed by atoms with E-state index in [9.17, 15) is 4.79 Å². The van der Waals surface area contributed by atoms with Gasteiger partial charge in [-0.15, -0.1) is 0 Å². The Morgan fingerprint density at radius 2 is 1.83 bits per heavy atom. The predicted octanol–water partition coefficient (Wildman–Crippen LogP) is 2.05. The molecule has 29 heavy (non-hydrogen) atoms. The third-order valence-corrected chi connectivity index (χ3v) is 5.29. The number of pyridine rings is 2. The minimum Gasteiger partial charge on any atom is -0.396 e. The van der Waals surface area contributed by atoms with Gasteiger partial charge in [0.2, 0.25) is 0 Å². The topological polar surface area (TPSA) is 78.6 Å². The molecule has 0 unspecified atom stereocenters. The lowest BCUT2D eigenvalue weighted by Gasteiger charge is -2.38. The Morgan fingerprint density at radius 3 is 2.55 bits per heavy atom. The molecule has 1 fully saturated rings. The predicted molar refractivity (Wildman–Crippen MR) is 114 cm³/mol. The first kappa shape index (κ1) is 19.0. The Hall–Kier alpha value is -3.35. The van der Waals surface area contributed by atoms with Crippen LogP contribution in [0.1, 0.15) is 12.6 Å². The van der Waals surface area contributed by atoms with E-state index in [-0.39, 0.29) is 5.91 Å². The number of amides is 1. The Kier molecular flexibility index (Phi) is 5.46. The molecule has 4 heterocycles.